The van der Waals surface area contributed by atoms with Crippen LogP contribution in [0, 0.1) is 0 Å². The summed E-state index contributed by atoms with van der Waals surface area (Å²) in [6.45, 7) is 0.708. The fourth-order valence-corrected chi connectivity index (χ4v) is 2.75. The third kappa shape index (κ3) is 3.38. The normalized spacial score (nSPS) is 13.2. The largest absolute Gasteiger partial charge is 0.388 e. The second-order valence-electron chi connectivity index (χ2n) is 2.78. The third-order valence-corrected chi connectivity index (χ3v) is 3.75. The zero-order valence-corrected chi connectivity index (χ0v) is 9.90. The fourth-order valence-electron chi connectivity index (χ4n) is 1.10. The van der Waals surface area contributed by atoms with E-state index in [0.29, 0.717) is 6.61 Å². The van der Waals surface area contributed by atoms with Gasteiger partial charge in [0.1, 0.15) is 0 Å². The molecule has 0 radical (unpaired) electrons. The van der Waals surface area contributed by atoms with Crippen molar-refractivity contribution in [3.63, 3.8) is 0 Å². The van der Waals surface area contributed by atoms with Crippen LogP contribution in [0.25, 0.3) is 0 Å². The molecule has 74 valence electrons. The number of methoxy groups -OCH3 is 1. The fraction of sp³-hybridized carbons (Fsp3) is 0.556. The first kappa shape index (κ1) is 11.2. The topological polar surface area (TPSA) is 29.5 Å². The number of hydrogen-bond acceptors (Lipinski definition) is 3. The molecule has 1 rings (SSSR count). The lowest BCUT2D eigenvalue weighted by Crippen LogP contribution is -1.98. The summed E-state index contributed by atoms with van der Waals surface area (Å²) in [6.07, 6.45) is 1.29. The van der Waals surface area contributed by atoms with Gasteiger partial charge in [0, 0.05) is 23.1 Å². The van der Waals surface area contributed by atoms with E-state index in [9.17, 15) is 5.11 Å². The Balaban J connectivity index is 2.39. The number of thiophene rings is 1. The molecular weight excluding hydrogens is 252 g/mol. The molecule has 1 aromatic heterocycles. The Morgan fingerprint density at radius 3 is 3.00 bits per heavy atom. The highest BCUT2D eigenvalue weighted by Crippen LogP contribution is 2.31. The van der Waals surface area contributed by atoms with E-state index in [1.54, 1.807) is 18.4 Å². The second kappa shape index (κ2) is 5.75. The maximum atomic E-state index is 9.74. The Morgan fingerprint density at radius 2 is 2.46 bits per heavy atom. The van der Waals surface area contributed by atoms with E-state index in [4.69, 9.17) is 4.74 Å². The molecule has 0 aliphatic carbocycles. The number of aliphatic hydroxyl groups excluding tert-OH is 1. The Labute approximate surface area is 90.7 Å². The van der Waals surface area contributed by atoms with Crippen LogP contribution in [0.4, 0.5) is 0 Å². The van der Waals surface area contributed by atoms with Gasteiger partial charge in [-0.05, 0) is 40.2 Å². The molecular formula is C9H13BrO2S. The Bertz CT molecular complexity index is 250. The summed E-state index contributed by atoms with van der Waals surface area (Å²) in [5, 5.41) is 11.7. The van der Waals surface area contributed by atoms with Crippen molar-refractivity contribution in [3.05, 3.63) is 20.8 Å². The highest BCUT2D eigenvalue weighted by atomic mass is 79.9. The first-order valence-electron chi connectivity index (χ1n) is 4.15. The predicted octanol–water partition coefficient (Wildman–Crippen LogP) is 2.97. The minimum absolute atomic E-state index is 0.357. The maximum Gasteiger partial charge on any atom is 0.0894 e. The van der Waals surface area contributed by atoms with E-state index in [1.807, 2.05) is 11.4 Å². The van der Waals surface area contributed by atoms with Gasteiger partial charge in [0.05, 0.1) is 6.10 Å². The zero-order chi connectivity index (χ0) is 9.68. The minimum atomic E-state index is -0.357. The van der Waals surface area contributed by atoms with Crippen molar-refractivity contribution in [2.24, 2.45) is 0 Å². The molecule has 0 aliphatic rings. The summed E-state index contributed by atoms with van der Waals surface area (Å²) >= 11 is 4.97. The standard InChI is InChI=1S/C9H13BrO2S/c1-12-5-2-3-8(11)9-7(10)4-6-13-9/h4,6,8,11H,2-3,5H2,1H3. The first-order valence-corrected chi connectivity index (χ1v) is 5.83. The zero-order valence-electron chi connectivity index (χ0n) is 7.50. The van der Waals surface area contributed by atoms with Crippen LogP contribution in [0.5, 0.6) is 0 Å². The van der Waals surface area contributed by atoms with Crippen LogP contribution in [0.1, 0.15) is 23.8 Å². The van der Waals surface area contributed by atoms with Gasteiger partial charge < -0.3 is 9.84 Å². The molecule has 0 saturated heterocycles. The molecule has 13 heavy (non-hydrogen) atoms. The highest BCUT2D eigenvalue weighted by Gasteiger charge is 2.11. The van der Waals surface area contributed by atoms with Gasteiger partial charge in [0.15, 0.2) is 0 Å². The molecule has 0 aromatic carbocycles. The van der Waals surface area contributed by atoms with Gasteiger partial charge in [-0.3, -0.25) is 0 Å². The van der Waals surface area contributed by atoms with Crippen molar-refractivity contribution in [3.8, 4) is 0 Å². The summed E-state index contributed by atoms with van der Waals surface area (Å²) in [5.74, 6) is 0. The van der Waals surface area contributed by atoms with Crippen LogP contribution in [0.15, 0.2) is 15.9 Å². The average molecular weight is 265 g/mol. The molecule has 0 spiro atoms. The predicted molar refractivity (Wildman–Crippen MR) is 58.1 cm³/mol. The van der Waals surface area contributed by atoms with Gasteiger partial charge in [-0.25, -0.2) is 0 Å². The van der Waals surface area contributed by atoms with Crippen LogP contribution < -0.4 is 0 Å². The highest BCUT2D eigenvalue weighted by molar-refractivity contribution is 9.10. The number of hydrogen-bond donors (Lipinski definition) is 1. The molecule has 0 amide bonds. The molecule has 0 bridgehead atoms. The third-order valence-electron chi connectivity index (χ3n) is 1.77. The lowest BCUT2D eigenvalue weighted by atomic mass is 10.2. The molecule has 1 unspecified atom stereocenters. The van der Waals surface area contributed by atoms with Crippen molar-refractivity contribution >= 4 is 27.3 Å². The van der Waals surface area contributed by atoms with Crippen LogP contribution >= 0.6 is 27.3 Å². The minimum Gasteiger partial charge on any atom is -0.388 e. The second-order valence-corrected chi connectivity index (χ2v) is 4.59. The van der Waals surface area contributed by atoms with Gasteiger partial charge in [-0.15, -0.1) is 11.3 Å². The van der Waals surface area contributed by atoms with E-state index in [1.165, 1.54) is 0 Å². The molecule has 4 heteroatoms. The van der Waals surface area contributed by atoms with Gasteiger partial charge >= 0.3 is 0 Å². The molecule has 1 N–H and O–H groups in total. The number of halogens is 1. The summed E-state index contributed by atoms with van der Waals surface area (Å²) in [5.41, 5.74) is 0. The van der Waals surface area contributed by atoms with Crippen LogP contribution in [0.2, 0.25) is 0 Å². The molecule has 0 saturated carbocycles. The molecule has 2 nitrogen and oxygen atoms in total. The Morgan fingerprint density at radius 1 is 1.69 bits per heavy atom. The van der Waals surface area contributed by atoms with E-state index < -0.39 is 0 Å². The van der Waals surface area contributed by atoms with Gasteiger partial charge in [-0.1, -0.05) is 0 Å². The average Bonchev–Trinajstić information content (AvgIpc) is 2.52. The Kier molecular flexibility index (Phi) is 4.94. The van der Waals surface area contributed by atoms with Crippen molar-refractivity contribution in [1.29, 1.82) is 0 Å². The SMILES string of the molecule is COCCCC(O)c1sccc1Br. The number of ether oxygens (including phenoxy) is 1. The van der Waals surface area contributed by atoms with E-state index in [-0.39, 0.29) is 6.10 Å². The molecule has 0 aliphatic heterocycles. The van der Waals surface area contributed by atoms with Crippen molar-refractivity contribution < 1.29 is 9.84 Å². The van der Waals surface area contributed by atoms with Crippen LogP contribution in [-0.4, -0.2) is 18.8 Å². The van der Waals surface area contributed by atoms with Gasteiger partial charge in [0.2, 0.25) is 0 Å². The Hall–Kier alpha value is 0.100. The molecule has 1 atom stereocenters. The molecule has 0 fully saturated rings. The van der Waals surface area contributed by atoms with E-state index in [2.05, 4.69) is 15.9 Å². The van der Waals surface area contributed by atoms with Crippen molar-refractivity contribution in [2.45, 2.75) is 18.9 Å². The van der Waals surface area contributed by atoms with Crippen molar-refractivity contribution in [1.82, 2.24) is 0 Å². The van der Waals surface area contributed by atoms with E-state index in [0.717, 1.165) is 22.2 Å². The first-order chi connectivity index (χ1) is 6.25. The molecule has 1 aromatic rings. The summed E-state index contributed by atoms with van der Waals surface area (Å²) in [6, 6.07) is 1.96. The van der Waals surface area contributed by atoms with Gasteiger partial charge in [0.25, 0.3) is 0 Å². The lowest BCUT2D eigenvalue weighted by molar-refractivity contribution is 0.138. The number of aliphatic hydroxyl groups is 1. The molecule has 1 heterocycles. The monoisotopic (exact) mass is 264 g/mol. The van der Waals surface area contributed by atoms with Crippen LogP contribution in [-0.2, 0) is 4.74 Å². The lowest BCUT2D eigenvalue weighted by Gasteiger charge is -2.08. The smallest absolute Gasteiger partial charge is 0.0894 e. The van der Waals surface area contributed by atoms with Crippen LogP contribution in [0.3, 0.4) is 0 Å². The maximum absolute atomic E-state index is 9.74. The van der Waals surface area contributed by atoms with Gasteiger partial charge in [-0.2, -0.15) is 0 Å². The summed E-state index contributed by atoms with van der Waals surface area (Å²) < 4.78 is 5.92. The number of rotatable bonds is 5. The quantitative estimate of drug-likeness (QED) is 0.829. The summed E-state index contributed by atoms with van der Waals surface area (Å²) in [4.78, 5) is 1.01. The van der Waals surface area contributed by atoms with E-state index >= 15 is 0 Å². The van der Waals surface area contributed by atoms with Crippen molar-refractivity contribution in [2.75, 3.05) is 13.7 Å². The summed E-state index contributed by atoms with van der Waals surface area (Å²) in [7, 11) is 1.67.